The average Bonchev–Trinajstić information content (AvgIpc) is 2.64. The minimum absolute atomic E-state index is 0.270. The van der Waals surface area contributed by atoms with Crippen molar-refractivity contribution in [1.82, 2.24) is 4.98 Å². The number of pyridine rings is 1. The molecule has 0 saturated heterocycles. The van der Waals surface area contributed by atoms with E-state index in [0.717, 1.165) is 35.2 Å². The number of halogens is 2. The number of ether oxygens (including phenoxy) is 1. The molecule has 0 aliphatic heterocycles. The van der Waals surface area contributed by atoms with Crippen LogP contribution in [0.15, 0.2) is 18.3 Å². The molecule has 0 radical (unpaired) electrons. The van der Waals surface area contributed by atoms with Crippen LogP contribution in [0.25, 0.3) is 0 Å². The molecule has 2 N–H and O–H groups in total. The molecule has 1 aliphatic carbocycles. The summed E-state index contributed by atoms with van der Waals surface area (Å²) in [5.74, 6) is 0.932. The summed E-state index contributed by atoms with van der Waals surface area (Å²) in [6, 6.07) is 4.03. The molecule has 2 rings (SSSR count). The number of unbranched alkanes of at least 4 members (excludes halogenated alkanes) is 1. The van der Waals surface area contributed by atoms with Gasteiger partial charge < -0.3 is 15.4 Å². The van der Waals surface area contributed by atoms with Gasteiger partial charge in [-0.15, -0.1) is 11.6 Å². The summed E-state index contributed by atoms with van der Waals surface area (Å²) in [6.45, 7) is 0.839. The lowest BCUT2D eigenvalue weighted by Crippen LogP contribution is -2.50. The van der Waals surface area contributed by atoms with E-state index in [4.69, 9.17) is 22.1 Å². The van der Waals surface area contributed by atoms with Crippen LogP contribution in [0, 0.1) is 9.49 Å². The van der Waals surface area contributed by atoms with Crippen LogP contribution in [0.4, 0.5) is 5.82 Å². The lowest BCUT2D eigenvalue weighted by Gasteiger charge is -2.38. The number of rotatable bonds is 9. The molecule has 1 aromatic heterocycles. The van der Waals surface area contributed by atoms with Crippen molar-refractivity contribution in [3.8, 4) is 0 Å². The number of anilines is 1. The number of nitrogens with zero attached hydrogens (tertiary/aromatic N) is 2. The van der Waals surface area contributed by atoms with Gasteiger partial charge in [0.15, 0.2) is 5.60 Å². The Morgan fingerprint density at radius 3 is 2.63 bits per heavy atom. The largest absolute Gasteiger partial charge is 0.449 e. The zero-order valence-corrected chi connectivity index (χ0v) is 18.5. The molecule has 6 nitrogen and oxygen atoms in total. The number of carbonyl (C=O) groups excluding carboxylic acids is 2. The Labute approximate surface area is 179 Å². The fraction of sp³-hybridized carbons (Fsp3) is 0.632. The van der Waals surface area contributed by atoms with Gasteiger partial charge in [0.1, 0.15) is 5.82 Å². The van der Waals surface area contributed by atoms with Gasteiger partial charge in [-0.25, -0.2) is 4.98 Å². The minimum Gasteiger partial charge on any atom is -0.449 e. The smallest absolute Gasteiger partial charge is 0.306 e. The first kappa shape index (κ1) is 22.2. The van der Waals surface area contributed by atoms with Crippen LogP contribution in [-0.4, -0.2) is 41.9 Å². The lowest BCUT2D eigenvalue weighted by atomic mass is 9.78. The molecular weight excluding hydrogens is 481 g/mol. The summed E-state index contributed by atoms with van der Waals surface area (Å²) < 4.78 is 6.65. The zero-order valence-electron chi connectivity index (χ0n) is 15.6. The van der Waals surface area contributed by atoms with Crippen LogP contribution >= 0.6 is 34.2 Å². The molecule has 0 spiro atoms. The second kappa shape index (κ2) is 10.5. The van der Waals surface area contributed by atoms with Crippen molar-refractivity contribution in [2.75, 3.05) is 24.4 Å². The van der Waals surface area contributed by atoms with Crippen LogP contribution in [0.1, 0.15) is 44.9 Å². The molecule has 0 atom stereocenters. The van der Waals surface area contributed by atoms with Crippen LogP contribution in [-0.2, 0) is 14.3 Å². The van der Waals surface area contributed by atoms with Crippen LogP contribution in [0.3, 0.4) is 0 Å². The number of alkyl halides is 1. The maximum absolute atomic E-state index is 12.1. The molecule has 0 bridgehead atoms. The van der Waals surface area contributed by atoms with Crippen LogP contribution < -0.4 is 10.6 Å². The molecule has 1 saturated carbocycles. The third-order valence-electron chi connectivity index (χ3n) is 5.07. The molecule has 1 heterocycles. The average molecular weight is 508 g/mol. The van der Waals surface area contributed by atoms with Crippen molar-refractivity contribution in [2.45, 2.75) is 50.5 Å². The van der Waals surface area contributed by atoms with E-state index in [0.29, 0.717) is 31.1 Å². The number of hydrogen-bond donors (Lipinski definition) is 1. The zero-order chi connectivity index (χ0) is 19.9. The second-order valence-corrected chi connectivity index (χ2v) is 8.76. The predicted octanol–water partition coefficient (Wildman–Crippen LogP) is 3.49. The molecular formula is C19H27ClIN3O3. The Hall–Kier alpha value is -1.09. The van der Waals surface area contributed by atoms with E-state index in [-0.39, 0.29) is 12.4 Å². The monoisotopic (exact) mass is 507 g/mol. The number of nitrogens with two attached hydrogens (primary N) is 1. The van der Waals surface area contributed by atoms with Gasteiger partial charge in [-0.05, 0) is 79.2 Å². The van der Waals surface area contributed by atoms with Crippen molar-refractivity contribution in [3.63, 3.8) is 0 Å². The van der Waals surface area contributed by atoms with E-state index in [1.54, 1.807) is 0 Å². The maximum atomic E-state index is 12.1. The highest BCUT2D eigenvalue weighted by atomic mass is 127. The van der Waals surface area contributed by atoms with Gasteiger partial charge in [-0.1, -0.05) is 0 Å². The third kappa shape index (κ3) is 6.48. The standard InChI is InChI=1S/C19H27ClIN3O3/c1-24(16-6-5-15(21)12-23-16)13-14-7-9-19(10-8-14,18(22)26)27-17(25)4-2-3-11-20/h5-6,12,14H,2-4,7-11,13H2,1H3,(H2,22,26). The molecule has 0 unspecified atom stereocenters. The summed E-state index contributed by atoms with van der Waals surface area (Å²) in [7, 11) is 2.02. The predicted molar refractivity (Wildman–Crippen MR) is 115 cm³/mol. The van der Waals surface area contributed by atoms with Crippen molar-refractivity contribution in [3.05, 3.63) is 21.9 Å². The van der Waals surface area contributed by atoms with Gasteiger partial charge in [-0.3, -0.25) is 9.59 Å². The van der Waals surface area contributed by atoms with Gasteiger partial charge in [0.05, 0.1) is 0 Å². The molecule has 1 amide bonds. The molecule has 1 aliphatic rings. The Balaban J connectivity index is 1.89. The molecule has 150 valence electrons. The van der Waals surface area contributed by atoms with Gasteiger partial charge in [0.2, 0.25) is 0 Å². The molecule has 0 aromatic carbocycles. The van der Waals surface area contributed by atoms with E-state index in [2.05, 4.69) is 32.5 Å². The first-order chi connectivity index (χ1) is 12.9. The lowest BCUT2D eigenvalue weighted by molar-refractivity contribution is -0.172. The first-order valence-corrected chi connectivity index (χ1v) is 10.9. The highest BCUT2D eigenvalue weighted by molar-refractivity contribution is 14.1. The Morgan fingerprint density at radius 1 is 1.37 bits per heavy atom. The van der Waals surface area contributed by atoms with Gasteiger partial charge in [0, 0.05) is 35.7 Å². The molecule has 27 heavy (non-hydrogen) atoms. The number of amides is 1. The number of aromatic nitrogens is 1. The highest BCUT2D eigenvalue weighted by Crippen LogP contribution is 2.36. The maximum Gasteiger partial charge on any atom is 0.306 e. The van der Waals surface area contributed by atoms with E-state index in [1.807, 2.05) is 25.4 Å². The third-order valence-corrected chi connectivity index (χ3v) is 5.98. The van der Waals surface area contributed by atoms with Crippen molar-refractivity contribution >= 4 is 51.9 Å². The van der Waals surface area contributed by atoms with E-state index < -0.39 is 11.5 Å². The summed E-state index contributed by atoms with van der Waals surface area (Å²) in [5, 5.41) is 0. The number of hydrogen-bond acceptors (Lipinski definition) is 5. The normalized spacial score (nSPS) is 22.3. The van der Waals surface area contributed by atoms with Gasteiger partial charge in [0.25, 0.3) is 5.91 Å². The summed E-state index contributed by atoms with van der Waals surface area (Å²) in [5.41, 5.74) is 4.44. The SMILES string of the molecule is CN(CC1CCC(OC(=O)CCCCCl)(C(N)=O)CC1)c1ccc(I)cn1. The Morgan fingerprint density at radius 2 is 2.07 bits per heavy atom. The quantitative estimate of drug-likeness (QED) is 0.239. The molecule has 1 fully saturated rings. The van der Waals surface area contributed by atoms with E-state index in [1.165, 1.54) is 0 Å². The molecule has 8 heteroatoms. The summed E-state index contributed by atoms with van der Waals surface area (Å²) in [4.78, 5) is 30.7. The van der Waals surface area contributed by atoms with Gasteiger partial charge >= 0.3 is 5.97 Å². The first-order valence-electron chi connectivity index (χ1n) is 9.27. The van der Waals surface area contributed by atoms with Crippen molar-refractivity contribution in [1.29, 1.82) is 0 Å². The highest BCUT2D eigenvalue weighted by Gasteiger charge is 2.44. The number of esters is 1. The van der Waals surface area contributed by atoms with Crippen LogP contribution in [0.5, 0.6) is 0 Å². The van der Waals surface area contributed by atoms with E-state index >= 15 is 0 Å². The summed E-state index contributed by atoms with van der Waals surface area (Å²) in [6.07, 6.45) is 6.04. The van der Waals surface area contributed by atoms with Crippen molar-refractivity contribution in [2.24, 2.45) is 11.7 Å². The Bertz CT molecular complexity index is 634. The summed E-state index contributed by atoms with van der Waals surface area (Å²) >= 11 is 7.86. The molecule has 1 aromatic rings. The number of primary amides is 1. The Kier molecular flexibility index (Phi) is 8.60. The second-order valence-electron chi connectivity index (χ2n) is 7.14. The van der Waals surface area contributed by atoms with Gasteiger partial charge in [-0.2, -0.15) is 0 Å². The minimum atomic E-state index is -1.16. The fourth-order valence-corrected chi connectivity index (χ4v) is 3.94. The topological polar surface area (TPSA) is 85.5 Å². The van der Waals surface area contributed by atoms with E-state index in [9.17, 15) is 9.59 Å². The van der Waals surface area contributed by atoms with Crippen LogP contribution in [0.2, 0.25) is 0 Å². The number of carbonyl (C=O) groups is 2. The van der Waals surface area contributed by atoms with Crippen molar-refractivity contribution < 1.29 is 14.3 Å². The fourth-order valence-electron chi connectivity index (χ4n) is 3.43.